The lowest BCUT2D eigenvalue weighted by Gasteiger charge is -2.02. The third kappa shape index (κ3) is 3.92. The molecule has 1 amide bonds. The summed E-state index contributed by atoms with van der Waals surface area (Å²) in [4.78, 5) is 15.9. The fourth-order valence-electron chi connectivity index (χ4n) is 1.60. The molecule has 0 aliphatic rings. The number of hydrogen-bond acceptors (Lipinski definition) is 4. The highest BCUT2D eigenvalue weighted by molar-refractivity contribution is 7.10. The van der Waals surface area contributed by atoms with Crippen molar-refractivity contribution in [2.24, 2.45) is 0 Å². The molecule has 0 saturated heterocycles. The van der Waals surface area contributed by atoms with Crippen molar-refractivity contribution in [2.75, 3.05) is 5.32 Å². The molecule has 0 atom stereocenters. The van der Waals surface area contributed by atoms with E-state index >= 15 is 0 Å². The average molecular weight is 261 g/mol. The SMILES string of the molecule is Cc1cc(NC(=O)CCCc2ccccn2)sn1. The lowest BCUT2D eigenvalue weighted by atomic mass is 10.2. The topological polar surface area (TPSA) is 54.9 Å². The fourth-order valence-corrected chi connectivity index (χ4v) is 2.28. The van der Waals surface area contributed by atoms with Crippen LogP contribution in [0.4, 0.5) is 5.00 Å². The van der Waals surface area contributed by atoms with Gasteiger partial charge in [-0.15, -0.1) is 0 Å². The number of carbonyl (C=O) groups is 1. The van der Waals surface area contributed by atoms with Crippen LogP contribution in [0.2, 0.25) is 0 Å². The average Bonchev–Trinajstić information content (AvgIpc) is 2.76. The number of nitrogens with one attached hydrogen (secondary N) is 1. The van der Waals surface area contributed by atoms with Gasteiger partial charge in [0.05, 0.1) is 5.69 Å². The number of aryl methyl sites for hydroxylation is 2. The first kappa shape index (κ1) is 12.7. The number of nitrogens with zero attached hydrogens (tertiary/aromatic N) is 2. The fraction of sp³-hybridized carbons (Fsp3) is 0.308. The molecule has 0 aromatic carbocycles. The van der Waals surface area contributed by atoms with E-state index in [2.05, 4.69) is 14.7 Å². The Hall–Kier alpha value is -1.75. The van der Waals surface area contributed by atoms with Crippen LogP contribution in [0.5, 0.6) is 0 Å². The van der Waals surface area contributed by atoms with E-state index in [1.165, 1.54) is 11.5 Å². The van der Waals surface area contributed by atoms with Gasteiger partial charge in [-0.3, -0.25) is 9.78 Å². The van der Waals surface area contributed by atoms with Gasteiger partial charge < -0.3 is 5.32 Å². The van der Waals surface area contributed by atoms with Gasteiger partial charge in [0.2, 0.25) is 5.91 Å². The molecule has 0 bridgehead atoms. The van der Waals surface area contributed by atoms with Crippen molar-refractivity contribution in [2.45, 2.75) is 26.2 Å². The van der Waals surface area contributed by atoms with Crippen LogP contribution < -0.4 is 5.32 Å². The third-order valence-corrected chi connectivity index (χ3v) is 3.25. The summed E-state index contributed by atoms with van der Waals surface area (Å²) in [6.07, 6.45) is 3.92. The second-order valence-corrected chi connectivity index (χ2v) is 4.86. The Balaban J connectivity index is 1.72. The summed E-state index contributed by atoms with van der Waals surface area (Å²) in [5.41, 5.74) is 1.96. The molecule has 18 heavy (non-hydrogen) atoms. The number of aromatic nitrogens is 2. The molecule has 0 aliphatic carbocycles. The number of rotatable bonds is 5. The van der Waals surface area contributed by atoms with Crippen molar-refractivity contribution < 1.29 is 4.79 Å². The van der Waals surface area contributed by atoms with E-state index in [1.54, 1.807) is 6.20 Å². The van der Waals surface area contributed by atoms with Gasteiger partial charge in [0.25, 0.3) is 0 Å². The molecule has 0 spiro atoms. The highest BCUT2D eigenvalue weighted by atomic mass is 32.1. The Labute approximate surface area is 110 Å². The van der Waals surface area contributed by atoms with Crippen LogP contribution in [0.3, 0.4) is 0 Å². The Bertz CT molecular complexity index is 510. The summed E-state index contributed by atoms with van der Waals surface area (Å²) in [6, 6.07) is 7.70. The van der Waals surface area contributed by atoms with Crippen LogP contribution in [0.1, 0.15) is 24.2 Å². The molecule has 0 fully saturated rings. The van der Waals surface area contributed by atoms with Crippen molar-refractivity contribution >= 4 is 22.4 Å². The van der Waals surface area contributed by atoms with Gasteiger partial charge in [-0.2, -0.15) is 4.37 Å². The molecule has 0 aliphatic heterocycles. The lowest BCUT2D eigenvalue weighted by Crippen LogP contribution is -2.10. The number of carbonyl (C=O) groups excluding carboxylic acids is 1. The number of hydrogen-bond donors (Lipinski definition) is 1. The second-order valence-electron chi connectivity index (χ2n) is 4.06. The van der Waals surface area contributed by atoms with Crippen molar-refractivity contribution in [3.8, 4) is 0 Å². The van der Waals surface area contributed by atoms with Crippen LogP contribution in [0.15, 0.2) is 30.5 Å². The predicted octanol–water partition coefficient (Wildman–Crippen LogP) is 2.81. The molecule has 0 radical (unpaired) electrons. The maximum atomic E-state index is 11.7. The molecular weight excluding hydrogens is 246 g/mol. The maximum Gasteiger partial charge on any atom is 0.225 e. The van der Waals surface area contributed by atoms with Gasteiger partial charge in [0.15, 0.2) is 0 Å². The maximum absolute atomic E-state index is 11.7. The first-order valence-corrected chi connectivity index (χ1v) is 6.64. The zero-order valence-corrected chi connectivity index (χ0v) is 11.0. The Morgan fingerprint density at radius 3 is 3.00 bits per heavy atom. The quantitative estimate of drug-likeness (QED) is 0.900. The van der Waals surface area contributed by atoms with Crippen molar-refractivity contribution in [3.05, 3.63) is 41.9 Å². The first-order chi connectivity index (χ1) is 8.74. The minimum absolute atomic E-state index is 0.0366. The molecule has 0 saturated carbocycles. The number of pyridine rings is 1. The van der Waals surface area contributed by atoms with Gasteiger partial charge >= 0.3 is 0 Å². The van der Waals surface area contributed by atoms with Gasteiger partial charge in [-0.1, -0.05) is 6.07 Å². The molecule has 1 N–H and O–H groups in total. The van der Waals surface area contributed by atoms with Crippen molar-refractivity contribution in [3.63, 3.8) is 0 Å². The monoisotopic (exact) mass is 261 g/mol. The molecular formula is C13H15N3OS. The van der Waals surface area contributed by atoms with Gasteiger partial charge in [0.1, 0.15) is 5.00 Å². The van der Waals surface area contributed by atoms with E-state index < -0.39 is 0 Å². The molecule has 2 rings (SSSR count). The van der Waals surface area contributed by atoms with E-state index in [0.29, 0.717) is 6.42 Å². The van der Waals surface area contributed by atoms with E-state index in [0.717, 1.165) is 29.2 Å². The lowest BCUT2D eigenvalue weighted by molar-refractivity contribution is -0.116. The number of anilines is 1. The summed E-state index contributed by atoms with van der Waals surface area (Å²) in [5, 5.41) is 3.66. The van der Waals surface area contributed by atoms with Crippen molar-refractivity contribution in [1.82, 2.24) is 9.36 Å². The van der Waals surface area contributed by atoms with E-state index in [-0.39, 0.29) is 5.91 Å². The van der Waals surface area contributed by atoms with Gasteiger partial charge in [0, 0.05) is 18.3 Å². The van der Waals surface area contributed by atoms with E-state index in [4.69, 9.17) is 0 Å². The summed E-state index contributed by atoms with van der Waals surface area (Å²) in [5.74, 6) is 0.0366. The zero-order chi connectivity index (χ0) is 12.8. The molecule has 2 heterocycles. The van der Waals surface area contributed by atoms with E-state index in [9.17, 15) is 4.79 Å². The van der Waals surface area contributed by atoms with E-state index in [1.807, 2.05) is 31.2 Å². The highest BCUT2D eigenvalue weighted by Crippen LogP contribution is 2.15. The van der Waals surface area contributed by atoms with Crippen LogP contribution in [-0.4, -0.2) is 15.3 Å². The number of amides is 1. The first-order valence-electron chi connectivity index (χ1n) is 5.87. The van der Waals surface area contributed by atoms with Crippen LogP contribution >= 0.6 is 11.5 Å². The molecule has 5 heteroatoms. The molecule has 94 valence electrons. The zero-order valence-electron chi connectivity index (χ0n) is 10.2. The normalized spacial score (nSPS) is 10.3. The summed E-state index contributed by atoms with van der Waals surface area (Å²) in [7, 11) is 0. The Kier molecular flexibility index (Phi) is 4.41. The largest absolute Gasteiger partial charge is 0.316 e. The smallest absolute Gasteiger partial charge is 0.225 e. The molecule has 2 aromatic rings. The minimum Gasteiger partial charge on any atom is -0.316 e. The van der Waals surface area contributed by atoms with Crippen LogP contribution in [-0.2, 0) is 11.2 Å². The highest BCUT2D eigenvalue weighted by Gasteiger charge is 2.05. The standard InChI is InChI=1S/C13H15N3OS/c1-10-9-13(18-16-10)15-12(17)7-4-6-11-5-2-3-8-14-11/h2-3,5,8-9H,4,6-7H2,1H3,(H,15,17). The summed E-state index contributed by atoms with van der Waals surface area (Å²) in [6.45, 7) is 1.91. The summed E-state index contributed by atoms with van der Waals surface area (Å²) < 4.78 is 4.11. The second kappa shape index (κ2) is 6.26. The van der Waals surface area contributed by atoms with Gasteiger partial charge in [-0.05, 0) is 49.5 Å². The Morgan fingerprint density at radius 2 is 2.33 bits per heavy atom. The molecule has 0 unspecified atom stereocenters. The van der Waals surface area contributed by atoms with Crippen LogP contribution in [0, 0.1) is 6.92 Å². The molecule has 4 nitrogen and oxygen atoms in total. The van der Waals surface area contributed by atoms with Gasteiger partial charge in [-0.25, -0.2) is 0 Å². The van der Waals surface area contributed by atoms with Crippen LogP contribution in [0.25, 0.3) is 0 Å². The summed E-state index contributed by atoms with van der Waals surface area (Å²) >= 11 is 1.31. The molecule has 2 aromatic heterocycles. The third-order valence-electron chi connectivity index (χ3n) is 2.45. The van der Waals surface area contributed by atoms with Crippen molar-refractivity contribution in [1.29, 1.82) is 0 Å². The minimum atomic E-state index is 0.0366. The predicted molar refractivity (Wildman–Crippen MR) is 72.7 cm³/mol. The Morgan fingerprint density at radius 1 is 1.44 bits per heavy atom.